The Bertz CT molecular complexity index is 210. The Morgan fingerprint density at radius 1 is 1.38 bits per heavy atom. The molecule has 2 saturated heterocycles. The van der Waals surface area contributed by atoms with Gasteiger partial charge in [-0.15, -0.1) is 0 Å². The Kier molecular flexibility index (Phi) is 4.62. The first-order chi connectivity index (χ1) is 7.79. The van der Waals surface area contributed by atoms with Gasteiger partial charge in [-0.05, 0) is 57.2 Å². The van der Waals surface area contributed by atoms with Gasteiger partial charge in [-0.1, -0.05) is 6.92 Å². The maximum Gasteiger partial charge on any atom is 0.0456 e. The predicted octanol–water partition coefficient (Wildman–Crippen LogP) is 1.08. The largest absolute Gasteiger partial charge is 0.396 e. The highest BCUT2D eigenvalue weighted by Gasteiger charge is 2.33. The fourth-order valence-electron chi connectivity index (χ4n) is 3.05. The minimum Gasteiger partial charge on any atom is -0.396 e. The zero-order valence-electron chi connectivity index (χ0n) is 10.5. The van der Waals surface area contributed by atoms with E-state index in [1.165, 1.54) is 38.9 Å². The molecule has 0 aromatic rings. The SMILES string of the molecule is CC(CO)CCCNC1CCN2CCC1C2. The van der Waals surface area contributed by atoms with Crippen LogP contribution in [-0.2, 0) is 0 Å². The van der Waals surface area contributed by atoms with Crippen LogP contribution in [-0.4, -0.2) is 48.8 Å². The molecule has 16 heavy (non-hydrogen) atoms. The standard InChI is InChI=1S/C13H26N2O/c1-11(10-16)3-2-6-14-13-5-8-15-7-4-12(13)9-15/h11-14,16H,2-10H2,1H3. The van der Waals surface area contributed by atoms with Crippen molar-refractivity contribution in [3.8, 4) is 0 Å². The van der Waals surface area contributed by atoms with Gasteiger partial charge < -0.3 is 15.3 Å². The van der Waals surface area contributed by atoms with E-state index in [0.29, 0.717) is 12.5 Å². The van der Waals surface area contributed by atoms with E-state index in [4.69, 9.17) is 5.11 Å². The molecule has 2 aliphatic heterocycles. The van der Waals surface area contributed by atoms with Crippen LogP contribution in [0.25, 0.3) is 0 Å². The fourth-order valence-corrected chi connectivity index (χ4v) is 3.05. The number of hydrogen-bond acceptors (Lipinski definition) is 3. The second-order valence-corrected chi connectivity index (χ2v) is 5.63. The maximum absolute atomic E-state index is 8.94. The van der Waals surface area contributed by atoms with Gasteiger partial charge in [0.15, 0.2) is 0 Å². The van der Waals surface area contributed by atoms with Crippen LogP contribution in [0.2, 0.25) is 0 Å². The van der Waals surface area contributed by atoms with Crippen molar-refractivity contribution in [3.05, 3.63) is 0 Å². The summed E-state index contributed by atoms with van der Waals surface area (Å²) in [5.41, 5.74) is 0. The Morgan fingerprint density at radius 2 is 2.19 bits per heavy atom. The van der Waals surface area contributed by atoms with Crippen LogP contribution >= 0.6 is 0 Å². The van der Waals surface area contributed by atoms with Crippen molar-refractivity contribution in [1.29, 1.82) is 0 Å². The molecule has 3 heteroatoms. The third-order valence-electron chi connectivity index (χ3n) is 4.23. The molecule has 0 radical (unpaired) electrons. The van der Waals surface area contributed by atoms with E-state index in [0.717, 1.165) is 24.9 Å². The third kappa shape index (κ3) is 3.19. The van der Waals surface area contributed by atoms with E-state index >= 15 is 0 Å². The minimum atomic E-state index is 0.334. The van der Waals surface area contributed by atoms with Crippen molar-refractivity contribution in [2.75, 3.05) is 32.8 Å². The Labute approximate surface area is 99.2 Å². The lowest BCUT2D eigenvalue weighted by Gasteiger charge is -2.31. The molecular formula is C13H26N2O. The summed E-state index contributed by atoms with van der Waals surface area (Å²) in [6.07, 6.45) is 5.08. The van der Waals surface area contributed by atoms with E-state index in [1.54, 1.807) is 0 Å². The third-order valence-corrected chi connectivity index (χ3v) is 4.23. The van der Waals surface area contributed by atoms with Gasteiger partial charge in [0.05, 0.1) is 0 Å². The number of nitrogens with one attached hydrogen (secondary N) is 1. The first-order valence-electron chi connectivity index (χ1n) is 6.86. The molecule has 4 unspecified atom stereocenters. The lowest BCUT2D eigenvalue weighted by Crippen LogP contribution is -2.44. The van der Waals surface area contributed by atoms with Gasteiger partial charge in [-0.25, -0.2) is 0 Å². The highest BCUT2D eigenvalue weighted by atomic mass is 16.3. The monoisotopic (exact) mass is 226 g/mol. The van der Waals surface area contributed by atoms with Crippen molar-refractivity contribution in [2.45, 2.75) is 38.6 Å². The van der Waals surface area contributed by atoms with Crippen molar-refractivity contribution < 1.29 is 5.11 Å². The molecule has 2 bridgehead atoms. The van der Waals surface area contributed by atoms with Gasteiger partial charge in [-0.2, -0.15) is 0 Å². The van der Waals surface area contributed by atoms with E-state index in [1.807, 2.05) is 0 Å². The van der Waals surface area contributed by atoms with E-state index in [9.17, 15) is 0 Å². The van der Waals surface area contributed by atoms with Crippen molar-refractivity contribution in [1.82, 2.24) is 10.2 Å². The van der Waals surface area contributed by atoms with E-state index in [-0.39, 0.29) is 0 Å². The molecule has 0 aliphatic carbocycles. The average Bonchev–Trinajstić information content (AvgIpc) is 2.69. The number of aliphatic hydroxyl groups excluding tert-OH is 1. The number of hydrogen-bond donors (Lipinski definition) is 2. The van der Waals surface area contributed by atoms with Crippen LogP contribution < -0.4 is 5.32 Å². The van der Waals surface area contributed by atoms with Crippen LogP contribution in [0.15, 0.2) is 0 Å². The molecule has 2 N–H and O–H groups in total. The first-order valence-corrected chi connectivity index (χ1v) is 6.86. The zero-order valence-corrected chi connectivity index (χ0v) is 10.5. The predicted molar refractivity (Wildman–Crippen MR) is 66.4 cm³/mol. The Morgan fingerprint density at radius 3 is 3.00 bits per heavy atom. The summed E-state index contributed by atoms with van der Waals surface area (Å²) in [6, 6.07) is 0.767. The Hall–Kier alpha value is -0.120. The molecule has 0 aromatic carbocycles. The summed E-state index contributed by atoms with van der Waals surface area (Å²) in [5, 5.41) is 12.7. The van der Waals surface area contributed by atoms with Gasteiger partial charge in [-0.3, -0.25) is 0 Å². The molecule has 0 spiro atoms. The molecule has 94 valence electrons. The Balaban J connectivity index is 1.59. The number of rotatable bonds is 6. The smallest absolute Gasteiger partial charge is 0.0456 e. The molecule has 2 aliphatic rings. The van der Waals surface area contributed by atoms with Gasteiger partial charge >= 0.3 is 0 Å². The molecule has 4 atom stereocenters. The number of fused-ring (bicyclic) bond motifs is 2. The van der Waals surface area contributed by atoms with Gasteiger partial charge in [0.1, 0.15) is 0 Å². The quantitative estimate of drug-likeness (QED) is 0.665. The highest BCUT2D eigenvalue weighted by molar-refractivity contribution is 4.90. The van der Waals surface area contributed by atoms with Gasteiger partial charge in [0.2, 0.25) is 0 Å². The van der Waals surface area contributed by atoms with Crippen molar-refractivity contribution in [2.24, 2.45) is 11.8 Å². The number of aliphatic hydroxyl groups is 1. The minimum absolute atomic E-state index is 0.334. The normalized spacial score (nSPS) is 35.2. The maximum atomic E-state index is 8.94. The number of nitrogens with zero attached hydrogens (tertiary/aromatic N) is 1. The highest BCUT2D eigenvalue weighted by Crippen LogP contribution is 2.26. The van der Waals surface area contributed by atoms with Crippen molar-refractivity contribution >= 4 is 0 Å². The van der Waals surface area contributed by atoms with E-state index in [2.05, 4.69) is 17.1 Å². The lowest BCUT2D eigenvalue weighted by atomic mass is 9.94. The summed E-state index contributed by atoms with van der Waals surface area (Å²) in [4.78, 5) is 2.59. The van der Waals surface area contributed by atoms with Gasteiger partial charge in [0.25, 0.3) is 0 Å². The first kappa shape index (κ1) is 12.3. The molecule has 2 fully saturated rings. The molecule has 0 aromatic heterocycles. The summed E-state index contributed by atoms with van der Waals surface area (Å²) >= 11 is 0. The second-order valence-electron chi connectivity index (χ2n) is 5.63. The van der Waals surface area contributed by atoms with Gasteiger partial charge in [0, 0.05) is 19.2 Å². The van der Waals surface area contributed by atoms with E-state index < -0.39 is 0 Å². The summed E-state index contributed by atoms with van der Waals surface area (Å²) in [6.45, 7) is 7.53. The topological polar surface area (TPSA) is 35.5 Å². The van der Waals surface area contributed by atoms with Crippen LogP contribution in [0.3, 0.4) is 0 Å². The van der Waals surface area contributed by atoms with Crippen LogP contribution in [0.4, 0.5) is 0 Å². The molecule has 3 nitrogen and oxygen atoms in total. The molecule has 2 rings (SSSR count). The summed E-state index contributed by atoms with van der Waals surface area (Å²) < 4.78 is 0. The zero-order chi connectivity index (χ0) is 11.4. The molecule has 0 saturated carbocycles. The molecule has 0 amide bonds. The summed E-state index contributed by atoms with van der Waals surface area (Å²) in [7, 11) is 0. The molecular weight excluding hydrogens is 200 g/mol. The number of piperidine rings is 1. The van der Waals surface area contributed by atoms with Crippen molar-refractivity contribution in [3.63, 3.8) is 0 Å². The van der Waals surface area contributed by atoms with Crippen LogP contribution in [0, 0.1) is 11.8 Å². The van der Waals surface area contributed by atoms with Crippen LogP contribution in [0.1, 0.15) is 32.6 Å². The fraction of sp³-hybridized carbons (Fsp3) is 1.00. The average molecular weight is 226 g/mol. The lowest BCUT2D eigenvalue weighted by molar-refractivity contribution is 0.213. The van der Waals surface area contributed by atoms with Crippen LogP contribution in [0.5, 0.6) is 0 Å². The molecule has 2 heterocycles. The second kappa shape index (κ2) is 5.99. The summed E-state index contributed by atoms with van der Waals surface area (Å²) in [5.74, 6) is 1.37.